The second-order valence-corrected chi connectivity index (χ2v) is 5.47. The first-order chi connectivity index (χ1) is 10.4. The van der Waals surface area contributed by atoms with Crippen LogP contribution in [0.25, 0.3) is 0 Å². The first-order valence-corrected chi connectivity index (χ1v) is 7.83. The molecule has 1 aliphatic rings. The molecule has 2 aromatic rings. The summed E-state index contributed by atoms with van der Waals surface area (Å²) < 4.78 is 2.07. The minimum atomic E-state index is 0.784. The van der Waals surface area contributed by atoms with Gasteiger partial charge in [0.15, 0.2) is 5.82 Å². The van der Waals surface area contributed by atoms with Crippen molar-refractivity contribution in [3.63, 3.8) is 0 Å². The maximum Gasteiger partial charge on any atom is 0.151 e. The summed E-state index contributed by atoms with van der Waals surface area (Å²) in [4.78, 5) is 6.93. The van der Waals surface area contributed by atoms with Crippen molar-refractivity contribution in [2.24, 2.45) is 0 Å². The SMILES string of the molecule is CCCn1nccc1CNc1cccnc1N1CCCC1. The monoisotopic (exact) mass is 285 g/mol. The number of aryl methyl sites for hydroxylation is 1. The van der Waals surface area contributed by atoms with Gasteiger partial charge in [0.05, 0.1) is 17.9 Å². The van der Waals surface area contributed by atoms with Crippen molar-refractivity contribution in [2.75, 3.05) is 23.3 Å². The average molecular weight is 285 g/mol. The zero-order valence-electron chi connectivity index (χ0n) is 12.6. The third-order valence-electron chi connectivity index (χ3n) is 3.89. The second kappa shape index (κ2) is 6.61. The third kappa shape index (κ3) is 3.17. The van der Waals surface area contributed by atoms with E-state index < -0.39 is 0 Å². The number of rotatable bonds is 6. The number of hydrogen-bond donors (Lipinski definition) is 1. The molecule has 5 heteroatoms. The van der Waals surface area contributed by atoms with Crippen LogP contribution in [0.1, 0.15) is 31.9 Å². The standard InChI is InChI=1S/C16H23N5/c1-2-10-21-14(7-9-19-21)13-18-15-6-5-8-17-16(15)20-11-3-4-12-20/h5-9,18H,2-4,10-13H2,1H3. The van der Waals surface area contributed by atoms with E-state index in [9.17, 15) is 0 Å². The van der Waals surface area contributed by atoms with Crippen LogP contribution in [0, 0.1) is 0 Å². The average Bonchev–Trinajstić information content (AvgIpc) is 3.17. The van der Waals surface area contributed by atoms with Gasteiger partial charge in [-0.05, 0) is 37.5 Å². The van der Waals surface area contributed by atoms with Gasteiger partial charge in [0, 0.05) is 32.0 Å². The van der Waals surface area contributed by atoms with Gasteiger partial charge in [-0.25, -0.2) is 4.98 Å². The van der Waals surface area contributed by atoms with E-state index in [1.165, 1.54) is 18.5 Å². The van der Waals surface area contributed by atoms with Gasteiger partial charge in [-0.2, -0.15) is 5.10 Å². The maximum atomic E-state index is 4.56. The van der Waals surface area contributed by atoms with E-state index in [1.54, 1.807) is 0 Å². The minimum Gasteiger partial charge on any atom is -0.376 e. The lowest BCUT2D eigenvalue weighted by molar-refractivity contribution is 0.578. The molecule has 21 heavy (non-hydrogen) atoms. The van der Waals surface area contributed by atoms with Crippen molar-refractivity contribution in [3.8, 4) is 0 Å². The molecular weight excluding hydrogens is 262 g/mol. The number of anilines is 2. The van der Waals surface area contributed by atoms with Crippen molar-refractivity contribution in [1.82, 2.24) is 14.8 Å². The number of nitrogens with zero attached hydrogens (tertiary/aromatic N) is 4. The fourth-order valence-corrected chi connectivity index (χ4v) is 2.83. The summed E-state index contributed by atoms with van der Waals surface area (Å²) in [6.07, 6.45) is 7.37. The van der Waals surface area contributed by atoms with Crippen LogP contribution in [0.3, 0.4) is 0 Å². The molecule has 1 fully saturated rings. The van der Waals surface area contributed by atoms with Gasteiger partial charge < -0.3 is 10.2 Å². The fourth-order valence-electron chi connectivity index (χ4n) is 2.83. The Labute approximate surface area is 126 Å². The molecule has 0 amide bonds. The number of pyridine rings is 1. The van der Waals surface area contributed by atoms with Crippen LogP contribution in [0.5, 0.6) is 0 Å². The highest BCUT2D eigenvalue weighted by atomic mass is 15.3. The van der Waals surface area contributed by atoms with Gasteiger partial charge in [0.25, 0.3) is 0 Å². The molecule has 5 nitrogen and oxygen atoms in total. The molecule has 1 saturated heterocycles. The molecule has 0 bridgehead atoms. The Balaban J connectivity index is 1.71. The molecular formula is C16H23N5. The summed E-state index contributed by atoms with van der Waals surface area (Å²) >= 11 is 0. The van der Waals surface area contributed by atoms with Crippen molar-refractivity contribution in [2.45, 2.75) is 39.3 Å². The number of hydrogen-bond acceptors (Lipinski definition) is 4. The van der Waals surface area contributed by atoms with Crippen LogP contribution < -0.4 is 10.2 Å². The lowest BCUT2D eigenvalue weighted by atomic mass is 10.3. The third-order valence-corrected chi connectivity index (χ3v) is 3.89. The normalized spacial score (nSPS) is 14.6. The molecule has 1 N–H and O–H groups in total. The van der Waals surface area contributed by atoms with Gasteiger partial charge in [-0.1, -0.05) is 6.92 Å². The van der Waals surface area contributed by atoms with Gasteiger partial charge in [-0.3, -0.25) is 4.68 Å². The molecule has 0 unspecified atom stereocenters. The lowest BCUT2D eigenvalue weighted by Gasteiger charge is -2.20. The van der Waals surface area contributed by atoms with E-state index in [-0.39, 0.29) is 0 Å². The Bertz CT molecular complexity index is 572. The van der Waals surface area contributed by atoms with Crippen LogP contribution in [-0.4, -0.2) is 27.9 Å². The zero-order valence-corrected chi connectivity index (χ0v) is 12.6. The topological polar surface area (TPSA) is 46.0 Å². The summed E-state index contributed by atoms with van der Waals surface area (Å²) in [6.45, 7) is 6.15. The van der Waals surface area contributed by atoms with E-state index in [1.807, 2.05) is 18.5 Å². The van der Waals surface area contributed by atoms with E-state index in [2.05, 4.69) is 44.0 Å². The molecule has 0 saturated carbocycles. The maximum absolute atomic E-state index is 4.56. The van der Waals surface area contributed by atoms with E-state index in [0.29, 0.717) is 0 Å². The molecule has 3 heterocycles. The van der Waals surface area contributed by atoms with Crippen molar-refractivity contribution < 1.29 is 0 Å². The molecule has 0 radical (unpaired) electrons. The molecule has 0 aliphatic carbocycles. The molecule has 0 atom stereocenters. The predicted octanol–water partition coefficient (Wildman–Crippen LogP) is 2.90. The van der Waals surface area contributed by atoms with Gasteiger partial charge in [-0.15, -0.1) is 0 Å². The molecule has 112 valence electrons. The Hall–Kier alpha value is -2.04. The van der Waals surface area contributed by atoms with Crippen LogP contribution in [0.15, 0.2) is 30.6 Å². The van der Waals surface area contributed by atoms with Crippen LogP contribution >= 0.6 is 0 Å². The molecule has 1 aliphatic heterocycles. The molecule has 0 aromatic carbocycles. The smallest absolute Gasteiger partial charge is 0.151 e. The predicted molar refractivity (Wildman–Crippen MR) is 85.5 cm³/mol. The first kappa shape index (κ1) is 13.9. The van der Waals surface area contributed by atoms with Gasteiger partial charge in [0.2, 0.25) is 0 Å². The Kier molecular flexibility index (Phi) is 4.38. The van der Waals surface area contributed by atoms with Crippen LogP contribution in [-0.2, 0) is 13.1 Å². The minimum absolute atomic E-state index is 0.784. The Morgan fingerprint density at radius 1 is 1.19 bits per heavy atom. The highest BCUT2D eigenvalue weighted by molar-refractivity contribution is 5.65. The van der Waals surface area contributed by atoms with Gasteiger partial charge in [0.1, 0.15) is 0 Å². The van der Waals surface area contributed by atoms with Crippen molar-refractivity contribution in [1.29, 1.82) is 0 Å². The molecule has 0 spiro atoms. The van der Waals surface area contributed by atoms with E-state index >= 15 is 0 Å². The summed E-state index contributed by atoms with van der Waals surface area (Å²) in [5, 5.41) is 7.90. The number of nitrogens with one attached hydrogen (secondary N) is 1. The second-order valence-electron chi connectivity index (χ2n) is 5.47. The summed E-state index contributed by atoms with van der Waals surface area (Å²) in [7, 11) is 0. The lowest BCUT2D eigenvalue weighted by Crippen LogP contribution is -2.21. The largest absolute Gasteiger partial charge is 0.376 e. The highest BCUT2D eigenvalue weighted by Gasteiger charge is 2.16. The van der Waals surface area contributed by atoms with Crippen molar-refractivity contribution in [3.05, 3.63) is 36.3 Å². The first-order valence-electron chi connectivity index (χ1n) is 7.83. The fraction of sp³-hybridized carbons (Fsp3) is 0.500. The summed E-state index contributed by atoms with van der Waals surface area (Å²) in [5.74, 6) is 1.08. The quantitative estimate of drug-likeness (QED) is 0.886. The Morgan fingerprint density at radius 2 is 2.05 bits per heavy atom. The summed E-state index contributed by atoms with van der Waals surface area (Å²) in [6, 6.07) is 6.18. The van der Waals surface area contributed by atoms with Crippen molar-refractivity contribution >= 4 is 11.5 Å². The summed E-state index contributed by atoms with van der Waals surface area (Å²) in [5.41, 5.74) is 2.33. The number of aromatic nitrogens is 3. The van der Waals surface area contributed by atoms with Crippen LogP contribution in [0.2, 0.25) is 0 Å². The Morgan fingerprint density at radius 3 is 2.86 bits per heavy atom. The van der Waals surface area contributed by atoms with Crippen LogP contribution in [0.4, 0.5) is 11.5 Å². The molecule has 3 rings (SSSR count). The van der Waals surface area contributed by atoms with E-state index in [0.717, 1.165) is 44.1 Å². The molecule has 2 aromatic heterocycles. The highest BCUT2D eigenvalue weighted by Crippen LogP contribution is 2.26. The zero-order chi connectivity index (χ0) is 14.5. The van der Waals surface area contributed by atoms with Gasteiger partial charge >= 0.3 is 0 Å². The van der Waals surface area contributed by atoms with E-state index in [4.69, 9.17) is 0 Å².